The number of hydrogen-bond acceptors (Lipinski definition) is 3. The summed E-state index contributed by atoms with van der Waals surface area (Å²) in [6, 6.07) is 3.52. The fourth-order valence-electron chi connectivity index (χ4n) is 1.88. The molecule has 2 rings (SSSR count). The molecule has 4 heteroatoms. The van der Waals surface area contributed by atoms with Crippen molar-refractivity contribution in [3.63, 3.8) is 0 Å². The first-order valence-electron chi connectivity index (χ1n) is 5.52. The Morgan fingerprint density at radius 3 is 2.88 bits per heavy atom. The number of fused-ring (bicyclic) bond motifs is 1. The van der Waals surface area contributed by atoms with Crippen LogP contribution in [0.15, 0.2) is 12.1 Å². The molecule has 1 aliphatic heterocycles. The zero-order chi connectivity index (χ0) is 11.5. The molecule has 0 bridgehead atoms. The van der Waals surface area contributed by atoms with E-state index >= 15 is 0 Å². The number of rotatable bonds is 3. The molecule has 1 aromatic rings. The van der Waals surface area contributed by atoms with Gasteiger partial charge in [-0.2, -0.15) is 0 Å². The van der Waals surface area contributed by atoms with Crippen LogP contribution in [0.25, 0.3) is 0 Å². The van der Waals surface area contributed by atoms with E-state index in [2.05, 4.69) is 0 Å². The standard InChI is InChI=1S/C12H16FNO2/c1-8(4-5-14)9-2-3-10-12(11(9)13)16-7-6-15-10/h2-3,8H,4-7,14H2,1H3. The van der Waals surface area contributed by atoms with Crippen molar-refractivity contribution in [1.29, 1.82) is 0 Å². The Kier molecular flexibility index (Phi) is 3.29. The molecule has 0 saturated carbocycles. The third kappa shape index (κ3) is 1.97. The van der Waals surface area contributed by atoms with Crippen molar-refractivity contribution in [3.05, 3.63) is 23.5 Å². The fraction of sp³-hybridized carbons (Fsp3) is 0.500. The van der Waals surface area contributed by atoms with Crippen LogP contribution in [-0.4, -0.2) is 19.8 Å². The summed E-state index contributed by atoms with van der Waals surface area (Å²) in [5.41, 5.74) is 6.12. The molecule has 88 valence electrons. The maximum Gasteiger partial charge on any atom is 0.197 e. The lowest BCUT2D eigenvalue weighted by Crippen LogP contribution is -2.17. The van der Waals surface area contributed by atoms with Gasteiger partial charge in [0, 0.05) is 0 Å². The second-order valence-electron chi connectivity index (χ2n) is 3.97. The molecule has 0 radical (unpaired) electrons. The van der Waals surface area contributed by atoms with Crippen LogP contribution in [0.4, 0.5) is 4.39 Å². The SMILES string of the molecule is CC(CCN)c1ccc2c(c1F)OCCO2. The van der Waals surface area contributed by atoms with Crippen molar-refractivity contribution in [2.45, 2.75) is 19.3 Å². The molecular formula is C12H16FNO2. The summed E-state index contributed by atoms with van der Waals surface area (Å²) in [6.45, 7) is 3.39. The smallest absolute Gasteiger partial charge is 0.197 e. The first-order chi connectivity index (χ1) is 7.74. The summed E-state index contributed by atoms with van der Waals surface area (Å²) < 4.78 is 24.7. The van der Waals surface area contributed by atoms with Crippen LogP contribution in [0, 0.1) is 5.82 Å². The minimum Gasteiger partial charge on any atom is -0.486 e. The van der Waals surface area contributed by atoms with Crippen LogP contribution in [0.1, 0.15) is 24.8 Å². The average molecular weight is 225 g/mol. The summed E-state index contributed by atoms with van der Waals surface area (Å²) in [4.78, 5) is 0. The van der Waals surface area contributed by atoms with E-state index in [-0.39, 0.29) is 17.5 Å². The van der Waals surface area contributed by atoms with E-state index in [1.54, 1.807) is 12.1 Å². The van der Waals surface area contributed by atoms with E-state index in [0.717, 1.165) is 6.42 Å². The Morgan fingerprint density at radius 1 is 1.38 bits per heavy atom. The van der Waals surface area contributed by atoms with Gasteiger partial charge in [0.2, 0.25) is 0 Å². The fourth-order valence-corrected chi connectivity index (χ4v) is 1.88. The number of ether oxygens (including phenoxy) is 2. The highest BCUT2D eigenvalue weighted by atomic mass is 19.1. The molecule has 1 aromatic carbocycles. The van der Waals surface area contributed by atoms with E-state index < -0.39 is 0 Å². The van der Waals surface area contributed by atoms with E-state index in [1.807, 2.05) is 6.92 Å². The molecule has 0 aromatic heterocycles. The lowest BCUT2D eigenvalue weighted by molar-refractivity contribution is 0.163. The summed E-state index contributed by atoms with van der Waals surface area (Å²) in [5, 5.41) is 0. The molecule has 0 aliphatic carbocycles. The minimum atomic E-state index is -0.307. The van der Waals surface area contributed by atoms with Crippen molar-refractivity contribution in [2.24, 2.45) is 5.73 Å². The summed E-state index contributed by atoms with van der Waals surface area (Å²) in [5.74, 6) is 0.527. The first-order valence-corrected chi connectivity index (χ1v) is 5.52. The Hall–Kier alpha value is -1.29. The molecule has 0 saturated heterocycles. The van der Waals surface area contributed by atoms with Crippen molar-refractivity contribution in [3.8, 4) is 11.5 Å². The third-order valence-electron chi connectivity index (χ3n) is 2.81. The molecule has 0 spiro atoms. The van der Waals surface area contributed by atoms with Gasteiger partial charge in [-0.15, -0.1) is 0 Å². The van der Waals surface area contributed by atoms with Gasteiger partial charge in [0.15, 0.2) is 17.3 Å². The van der Waals surface area contributed by atoms with Crippen molar-refractivity contribution in [2.75, 3.05) is 19.8 Å². The van der Waals surface area contributed by atoms with Crippen LogP contribution in [0.5, 0.6) is 11.5 Å². The maximum atomic E-state index is 14.1. The van der Waals surface area contributed by atoms with E-state index in [1.165, 1.54) is 0 Å². The lowest BCUT2D eigenvalue weighted by atomic mass is 9.96. The number of halogens is 1. The molecule has 1 heterocycles. The number of hydrogen-bond donors (Lipinski definition) is 1. The van der Waals surface area contributed by atoms with E-state index in [9.17, 15) is 4.39 Å². The summed E-state index contributed by atoms with van der Waals surface area (Å²) in [6.07, 6.45) is 0.760. The maximum absolute atomic E-state index is 14.1. The van der Waals surface area contributed by atoms with Gasteiger partial charge in [0.1, 0.15) is 13.2 Å². The average Bonchev–Trinajstić information content (AvgIpc) is 2.30. The van der Waals surface area contributed by atoms with Gasteiger partial charge in [-0.05, 0) is 30.5 Å². The molecule has 1 unspecified atom stereocenters. The highest BCUT2D eigenvalue weighted by Crippen LogP contribution is 2.37. The van der Waals surface area contributed by atoms with Gasteiger partial charge < -0.3 is 15.2 Å². The van der Waals surface area contributed by atoms with Gasteiger partial charge in [0.05, 0.1) is 0 Å². The molecule has 1 atom stereocenters. The van der Waals surface area contributed by atoms with E-state index in [0.29, 0.717) is 31.1 Å². The largest absolute Gasteiger partial charge is 0.486 e. The van der Waals surface area contributed by atoms with E-state index in [4.69, 9.17) is 15.2 Å². The summed E-state index contributed by atoms with van der Waals surface area (Å²) >= 11 is 0. The molecule has 2 N–H and O–H groups in total. The lowest BCUT2D eigenvalue weighted by Gasteiger charge is -2.21. The Labute approximate surface area is 94.3 Å². The topological polar surface area (TPSA) is 44.5 Å². The first kappa shape index (κ1) is 11.2. The van der Waals surface area contributed by atoms with Crippen LogP contribution >= 0.6 is 0 Å². The van der Waals surface area contributed by atoms with Crippen molar-refractivity contribution < 1.29 is 13.9 Å². The molecule has 0 amide bonds. The van der Waals surface area contributed by atoms with Crippen molar-refractivity contribution >= 4 is 0 Å². The van der Waals surface area contributed by atoms with Crippen LogP contribution in [0.2, 0.25) is 0 Å². The number of benzene rings is 1. The molecule has 3 nitrogen and oxygen atoms in total. The molecule has 1 aliphatic rings. The molecule has 16 heavy (non-hydrogen) atoms. The monoisotopic (exact) mass is 225 g/mol. The highest BCUT2D eigenvalue weighted by Gasteiger charge is 2.21. The predicted molar refractivity (Wildman–Crippen MR) is 59.5 cm³/mol. The molecule has 0 fully saturated rings. The third-order valence-corrected chi connectivity index (χ3v) is 2.81. The van der Waals surface area contributed by atoms with Crippen LogP contribution in [-0.2, 0) is 0 Å². The van der Waals surface area contributed by atoms with Crippen LogP contribution < -0.4 is 15.2 Å². The van der Waals surface area contributed by atoms with Gasteiger partial charge in [-0.25, -0.2) is 4.39 Å². The molecular weight excluding hydrogens is 209 g/mol. The van der Waals surface area contributed by atoms with Gasteiger partial charge in [0.25, 0.3) is 0 Å². The zero-order valence-corrected chi connectivity index (χ0v) is 9.33. The van der Waals surface area contributed by atoms with Gasteiger partial charge in [-0.1, -0.05) is 13.0 Å². The second kappa shape index (κ2) is 4.70. The Bertz CT molecular complexity index is 382. The normalized spacial score (nSPS) is 15.9. The van der Waals surface area contributed by atoms with Crippen LogP contribution in [0.3, 0.4) is 0 Å². The van der Waals surface area contributed by atoms with Crippen molar-refractivity contribution in [1.82, 2.24) is 0 Å². The predicted octanol–water partition coefficient (Wildman–Crippen LogP) is 2.05. The number of nitrogens with two attached hydrogens (primary N) is 1. The highest BCUT2D eigenvalue weighted by molar-refractivity contribution is 5.46. The quantitative estimate of drug-likeness (QED) is 0.856. The summed E-state index contributed by atoms with van der Waals surface area (Å²) in [7, 11) is 0. The Balaban J connectivity index is 2.33. The Morgan fingerprint density at radius 2 is 2.12 bits per heavy atom. The van der Waals surface area contributed by atoms with Gasteiger partial charge >= 0.3 is 0 Å². The zero-order valence-electron chi connectivity index (χ0n) is 9.33. The van der Waals surface area contributed by atoms with Gasteiger partial charge in [-0.3, -0.25) is 0 Å². The second-order valence-corrected chi connectivity index (χ2v) is 3.97. The minimum absolute atomic E-state index is 0.0980.